The van der Waals surface area contributed by atoms with Crippen LogP contribution in [0.25, 0.3) is 112 Å². The summed E-state index contributed by atoms with van der Waals surface area (Å²) in [4.78, 5) is 5.11. The fourth-order valence-electron chi connectivity index (χ4n) is 14.7. The van der Waals surface area contributed by atoms with Crippen molar-refractivity contribution < 1.29 is 0 Å². The summed E-state index contributed by atoms with van der Waals surface area (Å²) in [6.07, 6.45) is 26.5. The summed E-state index contributed by atoms with van der Waals surface area (Å²) in [6, 6.07) is 83.2. The lowest BCUT2D eigenvalue weighted by Gasteiger charge is -2.33. The molecule has 0 unspecified atom stereocenters. The van der Waals surface area contributed by atoms with Gasteiger partial charge in [0.15, 0.2) is 0 Å². The zero-order valence-electron chi connectivity index (χ0n) is 49.2. The van der Waals surface area contributed by atoms with Crippen molar-refractivity contribution in [1.82, 2.24) is 0 Å². The maximum absolute atomic E-state index is 2.56. The van der Waals surface area contributed by atoms with Crippen molar-refractivity contribution in [2.24, 2.45) is 0 Å². The van der Waals surface area contributed by atoms with Crippen LogP contribution in [0.15, 0.2) is 230 Å². The first-order valence-electron chi connectivity index (χ1n) is 31.4. The molecule has 2 saturated carbocycles. The van der Waals surface area contributed by atoms with E-state index in [2.05, 4.69) is 278 Å². The lowest BCUT2D eigenvalue weighted by molar-refractivity contribution is 0.602. The van der Waals surface area contributed by atoms with Crippen molar-refractivity contribution in [3.05, 3.63) is 274 Å². The lowest BCUT2D eigenvalue weighted by atomic mass is 9.79. The second-order valence-electron chi connectivity index (χ2n) is 24.6. The maximum atomic E-state index is 2.56. The van der Waals surface area contributed by atoms with E-state index in [-0.39, 0.29) is 0 Å². The van der Waals surface area contributed by atoms with Gasteiger partial charge in [-0.1, -0.05) is 241 Å². The van der Waals surface area contributed by atoms with E-state index >= 15 is 0 Å². The standard InChI is InChI=1S/C84H68N2/c1-55-25-29-57(30-26-55)33-35-59-37-45-65(46-38-59)85(67-49-41-63(42-50-67)53-61-13-5-3-6-14-61)83-73-21-9-17-69-71-19-11-23-75-79(71)82-80-72(70-18-10-22-74(83)78(70)81(82)77(69)73)20-12-24-76(80)84(75)86(68-51-43-64(44-52-68)54-62-15-7-4-8-16-62)66-47-39-60(40-48-66)36-34-58-31-27-56(2)28-32-58/h9-12,17-54H,3-8,13-16H2,1-2H3/b35-33+,36-34+. The number of anilines is 6. The van der Waals surface area contributed by atoms with Gasteiger partial charge in [-0.05, 0) is 169 Å². The van der Waals surface area contributed by atoms with Gasteiger partial charge in [0, 0.05) is 76.6 Å². The van der Waals surface area contributed by atoms with Crippen LogP contribution < -0.4 is 9.80 Å². The second kappa shape index (κ2) is 21.7. The number of benzene rings is 14. The van der Waals surface area contributed by atoms with Crippen LogP contribution in [0.5, 0.6) is 0 Å². The average Bonchev–Trinajstić information content (AvgIpc) is 0.675. The first-order valence-corrected chi connectivity index (χ1v) is 31.4. The smallest absolute Gasteiger partial charge is 0.0619 e. The Morgan fingerprint density at radius 2 is 0.488 bits per heavy atom. The maximum Gasteiger partial charge on any atom is 0.0619 e. The van der Waals surface area contributed by atoms with Crippen LogP contribution in [-0.4, -0.2) is 0 Å². The van der Waals surface area contributed by atoms with E-state index in [9.17, 15) is 0 Å². The summed E-state index contributed by atoms with van der Waals surface area (Å²) in [6.45, 7) is 4.28. The number of allylic oxidation sites excluding steroid dienone is 2. The molecule has 14 aromatic rings. The fourth-order valence-corrected chi connectivity index (χ4v) is 14.7. The monoisotopic (exact) mass is 1100 g/mol. The van der Waals surface area contributed by atoms with Crippen molar-refractivity contribution in [2.45, 2.75) is 78.1 Å². The molecule has 16 rings (SSSR count). The number of rotatable bonds is 12. The average molecular weight is 1110 g/mol. The number of aryl methyl sites for hydroxylation is 2. The Morgan fingerprint density at radius 3 is 0.767 bits per heavy atom. The van der Waals surface area contributed by atoms with Crippen molar-refractivity contribution >= 4 is 146 Å². The normalized spacial score (nSPS) is 14.3. The van der Waals surface area contributed by atoms with E-state index < -0.39 is 0 Å². The van der Waals surface area contributed by atoms with Crippen molar-refractivity contribution in [2.75, 3.05) is 9.80 Å². The molecular weight excluding hydrogens is 1040 g/mol. The Balaban J connectivity index is 0.921. The first-order chi connectivity index (χ1) is 42.5. The summed E-state index contributed by atoms with van der Waals surface area (Å²) in [5.41, 5.74) is 19.9. The molecule has 0 heterocycles. The van der Waals surface area contributed by atoms with Gasteiger partial charge < -0.3 is 9.80 Å². The predicted molar refractivity (Wildman–Crippen MR) is 374 cm³/mol. The van der Waals surface area contributed by atoms with E-state index in [1.54, 1.807) is 11.1 Å². The fraction of sp³-hybridized carbons (Fsp3) is 0.143. The largest absolute Gasteiger partial charge is 0.309 e. The molecule has 2 nitrogen and oxygen atoms in total. The number of fused-ring (bicyclic) bond motifs is 2. The highest BCUT2D eigenvalue weighted by molar-refractivity contribution is 6.51. The van der Waals surface area contributed by atoms with Gasteiger partial charge in [0.25, 0.3) is 0 Å². The zero-order valence-corrected chi connectivity index (χ0v) is 49.2. The summed E-state index contributed by atoms with van der Waals surface area (Å²) in [5.74, 6) is 0. The molecule has 0 atom stereocenters. The Kier molecular flexibility index (Phi) is 13.1. The molecule has 0 bridgehead atoms. The molecule has 0 aromatic heterocycles. The van der Waals surface area contributed by atoms with Gasteiger partial charge in [-0.15, -0.1) is 0 Å². The molecule has 2 aliphatic rings. The third-order valence-electron chi connectivity index (χ3n) is 19.0. The molecule has 2 aliphatic carbocycles. The summed E-state index contributed by atoms with van der Waals surface area (Å²) in [5, 5.41) is 18.1. The minimum atomic E-state index is 1.13. The molecule has 0 saturated heterocycles. The topological polar surface area (TPSA) is 6.48 Å². The Labute approximate surface area is 505 Å². The second-order valence-corrected chi connectivity index (χ2v) is 24.6. The van der Waals surface area contributed by atoms with Gasteiger partial charge in [0.05, 0.1) is 11.4 Å². The van der Waals surface area contributed by atoms with E-state index in [0.717, 1.165) is 33.9 Å². The molecule has 0 spiro atoms. The van der Waals surface area contributed by atoms with Crippen molar-refractivity contribution in [3.8, 4) is 0 Å². The highest BCUT2D eigenvalue weighted by Gasteiger charge is 2.30. The van der Waals surface area contributed by atoms with Crippen LogP contribution in [0.1, 0.15) is 109 Å². The molecular formula is C84H68N2. The van der Waals surface area contributed by atoms with Gasteiger partial charge in [-0.25, -0.2) is 0 Å². The number of nitrogens with zero attached hydrogens (tertiary/aromatic N) is 2. The molecule has 14 aromatic carbocycles. The summed E-state index contributed by atoms with van der Waals surface area (Å²) in [7, 11) is 0. The SMILES string of the molecule is Cc1ccc(/C=C/c2ccc(N(c3ccc(C=C4CCCCC4)cc3)c3c4cccc5c6cccc7c(N(c8ccc(C=C9CCCCC9)cc8)c8ccc(/C=C/c9ccc(C)cc9)cc8)c8cccc9c%10cccc3c%10c(c45)c(c76)c89)cc2)cc1. The van der Waals surface area contributed by atoms with Crippen LogP contribution >= 0.6 is 0 Å². The third-order valence-corrected chi connectivity index (χ3v) is 19.0. The number of hydrogen-bond donors (Lipinski definition) is 0. The van der Waals surface area contributed by atoms with E-state index in [1.165, 1.54) is 184 Å². The highest BCUT2D eigenvalue weighted by atomic mass is 15.2. The predicted octanol–water partition coefficient (Wildman–Crippen LogP) is 24.7. The summed E-state index contributed by atoms with van der Waals surface area (Å²) < 4.78 is 0. The van der Waals surface area contributed by atoms with Gasteiger partial charge in [0.2, 0.25) is 0 Å². The van der Waals surface area contributed by atoms with E-state index in [0.29, 0.717) is 0 Å². The molecule has 0 N–H and O–H groups in total. The molecule has 414 valence electrons. The van der Waals surface area contributed by atoms with Gasteiger partial charge in [-0.2, -0.15) is 0 Å². The molecule has 86 heavy (non-hydrogen) atoms. The minimum Gasteiger partial charge on any atom is -0.309 e. The van der Waals surface area contributed by atoms with Crippen LogP contribution in [0.2, 0.25) is 0 Å². The van der Waals surface area contributed by atoms with Crippen molar-refractivity contribution in [3.63, 3.8) is 0 Å². The summed E-state index contributed by atoms with van der Waals surface area (Å²) >= 11 is 0. The van der Waals surface area contributed by atoms with Gasteiger partial charge >= 0.3 is 0 Å². The molecule has 0 amide bonds. The van der Waals surface area contributed by atoms with Crippen LogP contribution in [0, 0.1) is 13.8 Å². The third kappa shape index (κ3) is 9.18. The van der Waals surface area contributed by atoms with Crippen molar-refractivity contribution in [1.29, 1.82) is 0 Å². The van der Waals surface area contributed by atoms with Gasteiger partial charge in [0.1, 0.15) is 0 Å². The van der Waals surface area contributed by atoms with E-state index in [4.69, 9.17) is 0 Å². The molecule has 2 heteroatoms. The molecule has 2 fully saturated rings. The Hall–Kier alpha value is -9.76. The quantitative estimate of drug-likeness (QED) is 0.0683. The first kappa shape index (κ1) is 51.8. The molecule has 0 radical (unpaired) electrons. The minimum absolute atomic E-state index is 1.13. The van der Waals surface area contributed by atoms with Gasteiger partial charge in [-0.3, -0.25) is 0 Å². The molecule has 0 aliphatic heterocycles. The number of hydrogen-bond acceptors (Lipinski definition) is 2. The van der Waals surface area contributed by atoms with Crippen LogP contribution in [-0.2, 0) is 0 Å². The van der Waals surface area contributed by atoms with Crippen LogP contribution in [0.4, 0.5) is 34.1 Å². The zero-order chi connectivity index (χ0) is 57.2. The Bertz CT molecular complexity index is 4470. The highest BCUT2D eigenvalue weighted by Crippen LogP contribution is 2.58. The van der Waals surface area contributed by atoms with E-state index in [1.807, 2.05) is 0 Å². The lowest BCUT2D eigenvalue weighted by Crippen LogP contribution is -2.13. The Morgan fingerprint density at radius 1 is 0.244 bits per heavy atom. The van der Waals surface area contributed by atoms with Crippen LogP contribution in [0.3, 0.4) is 0 Å².